The molecular weight excluding hydrogens is 194 g/mol. The van der Waals surface area contributed by atoms with Crippen molar-refractivity contribution in [2.75, 3.05) is 26.2 Å². The molecule has 0 spiro atoms. The Morgan fingerprint density at radius 1 is 1.47 bits per heavy atom. The summed E-state index contributed by atoms with van der Waals surface area (Å²) in [5.41, 5.74) is -0.173. The number of rotatable bonds is 2. The molecule has 86 valence electrons. The monoisotopic (exact) mass is 213 g/mol. The lowest BCUT2D eigenvalue weighted by molar-refractivity contribution is -0.138. The molecule has 5 nitrogen and oxygen atoms in total. The molecule has 2 N–H and O–H groups in total. The maximum absolute atomic E-state index is 11.8. The quantitative estimate of drug-likeness (QED) is 0.639. The van der Waals surface area contributed by atoms with Crippen LogP contribution in [-0.2, 0) is 9.59 Å². The number of carbonyl (C=O) groups excluding carboxylic acids is 2. The lowest BCUT2D eigenvalue weighted by atomic mass is 10.00. The van der Waals surface area contributed by atoms with Crippen molar-refractivity contribution in [1.82, 2.24) is 15.5 Å². The van der Waals surface area contributed by atoms with Gasteiger partial charge in [-0.15, -0.1) is 0 Å². The van der Waals surface area contributed by atoms with Gasteiger partial charge in [-0.25, -0.2) is 0 Å². The van der Waals surface area contributed by atoms with Gasteiger partial charge in [0.25, 0.3) is 0 Å². The van der Waals surface area contributed by atoms with Gasteiger partial charge >= 0.3 is 0 Å². The van der Waals surface area contributed by atoms with E-state index < -0.39 is 0 Å². The van der Waals surface area contributed by atoms with Crippen LogP contribution >= 0.6 is 0 Å². The van der Waals surface area contributed by atoms with Gasteiger partial charge in [-0.05, 0) is 13.8 Å². The minimum atomic E-state index is -0.173. The number of hydrogen-bond acceptors (Lipinski definition) is 3. The van der Waals surface area contributed by atoms with Crippen molar-refractivity contribution in [3.05, 3.63) is 0 Å². The summed E-state index contributed by atoms with van der Waals surface area (Å²) in [7, 11) is 0. The van der Waals surface area contributed by atoms with Gasteiger partial charge in [-0.2, -0.15) is 0 Å². The second-order valence-electron chi connectivity index (χ2n) is 4.44. The zero-order valence-corrected chi connectivity index (χ0v) is 9.59. The van der Waals surface area contributed by atoms with Crippen LogP contribution in [0.3, 0.4) is 0 Å². The van der Waals surface area contributed by atoms with Crippen molar-refractivity contribution in [3.8, 4) is 0 Å². The van der Waals surface area contributed by atoms with Crippen LogP contribution in [0.2, 0.25) is 0 Å². The fourth-order valence-electron chi connectivity index (χ4n) is 1.74. The summed E-state index contributed by atoms with van der Waals surface area (Å²) in [5, 5.41) is 5.77. The maximum Gasteiger partial charge on any atom is 0.242 e. The highest BCUT2D eigenvalue weighted by molar-refractivity contribution is 5.84. The van der Waals surface area contributed by atoms with Gasteiger partial charge in [0, 0.05) is 32.1 Å². The Hall–Kier alpha value is -1.10. The zero-order chi connectivity index (χ0) is 11.5. The average Bonchev–Trinajstić information content (AvgIpc) is 2.13. The smallest absolute Gasteiger partial charge is 0.242 e. The van der Waals surface area contributed by atoms with Crippen molar-refractivity contribution in [3.63, 3.8) is 0 Å². The molecule has 1 rings (SSSR count). The molecule has 1 saturated heterocycles. The molecule has 5 heteroatoms. The van der Waals surface area contributed by atoms with Crippen molar-refractivity contribution in [1.29, 1.82) is 0 Å². The molecule has 1 aliphatic rings. The third-order valence-corrected chi connectivity index (χ3v) is 2.59. The highest BCUT2D eigenvalue weighted by Crippen LogP contribution is 2.15. The van der Waals surface area contributed by atoms with Gasteiger partial charge in [0.05, 0.1) is 6.54 Å². The molecule has 0 aliphatic carbocycles. The highest BCUT2D eigenvalue weighted by atomic mass is 16.2. The Bertz CT molecular complexity index is 263. The number of nitrogens with one attached hydrogen (secondary N) is 2. The summed E-state index contributed by atoms with van der Waals surface area (Å²) in [6.07, 6.45) is 0. The molecule has 0 bridgehead atoms. The Balaban J connectivity index is 2.53. The average molecular weight is 213 g/mol. The van der Waals surface area contributed by atoms with Crippen LogP contribution in [0, 0.1) is 0 Å². The van der Waals surface area contributed by atoms with Crippen molar-refractivity contribution >= 4 is 11.8 Å². The molecule has 0 radical (unpaired) electrons. The van der Waals surface area contributed by atoms with Gasteiger partial charge in [-0.1, -0.05) is 0 Å². The molecule has 0 aromatic rings. The van der Waals surface area contributed by atoms with Crippen molar-refractivity contribution in [2.24, 2.45) is 0 Å². The van der Waals surface area contributed by atoms with E-state index in [2.05, 4.69) is 10.6 Å². The van der Waals surface area contributed by atoms with Crippen LogP contribution in [0.5, 0.6) is 0 Å². The summed E-state index contributed by atoms with van der Waals surface area (Å²) >= 11 is 0. The third kappa shape index (κ3) is 3.20. The predicted octanol–water partition coefficient (Wildman–Crippen LogP) is -0.667. The van der Waals surface area contributed by atoms with E-state index in [9.17, 15) is 9.59 Å². The number of amides is 2. The van der Waals surface area contributed by atoms with Gasteiger partial charge in [-0.3, -0.25) is 9.59 Å². The Labute approximate surface area is 90.2 Å². The molecule has 1 aliphatic heterocycles. The maximum atomic E-state index is 11.8. The highest BCUT2D eigenvalue weighted by Gasteiger charge is 2.32. The SMILES string of the molecule is CC(=O)NCC(=O)N1CCNCC1(C)C. The lowest BCUT2D eigenvalue weighted by Crippen LogP contribution is -2.61. The normalized spacial score (nSPS) is 19.8. The first-order chi connectivity index (χ1) is 6.93. The Morgan fingerprint density at radius 2 is 2.13 bits per heavy atom. The molecule has 2 amide bonds. The van der Waals surface area contributed by atoms with E-state index >= 15 is 0 Å². The summed E-state index contributed by atoms with van der Waals surface area (Å²) in [4.78, 5) is 24.3. The van der Waals surface area contributed by atoms with Gasteiger partial charge in [0.1, 0.15) is 0 Å². The summed E-state index contributed by atoms with van der Waals surface area (Å²) in [5.74, 6) is -0.187. The van der Waals surface area contributed by atoms with Gasteiger partial charge < -0.3 is 15.5 Å². The van der Waals surface area contributed by atoms with E-state index in [1.807, 2.05) is 18.7 Å². The third-order valence-electron chi connectivity index (χ3n) is 2.59. The van der Waals surface area contributed by atoms with E-state index in [1.165, 1.54) is 6.92 Å². The molecule has 0 aromatic heterocycles. The molecule has 0 aromatic carbocycles. The second kappa shape index (κ2) is 4.61. The van der Waals surface area contributed by atoms with Gasteiger partial charge in [0.2, 0.25) is 11.8 Å². The van der Waals surface area contributed by atoms with E-state index in [4.69, 9.17) is 0 Å². The first-order valence-corrected chi connectivity index (χ1v) is 5.19. The standard InChI is InChI=1S/C10H19N3O2/c1-8(14)12-6-9(15)13-5-4-11-7-10(13,2)3/h11H,4-7H2,1-3H3,(H,12,14). The number of nitrogens with zero attached hydrogens (tertiary/aromatic N) is 1. The Morgan fingerprint density at radius 3 is 2.67 bits per heavy atom. The zero-order valence-electron chi connectivity index (χ0n) is 9.59. The second-order valence-corrected chi connectivity index (χ2v) is 4.44. The molecular formula is C10H19N3O2. The molecule has 0 unspecified atom stereocenters. The van der Waals surface area contributed by atoms with E-state index in [0.717, 1.165) is 13.1 Å². The number of carbonyl (C=O) groups is 2. The van der Waals surface area contributed by atoms with Crippen LogP contribution in [0.15, 0.2) is 0 Å². The summed E-state index contributed by atoms with van der Waals surface area (Å²) in [6, 6.07) is 0. The van der Waals surface area contributed by atoms with Crippen molar-refractivity contribution < 1.29 is 9.59 Å². The van der Waals surface area contributed by atoms with Crippen molar-refractivity contribution in [2.45, 2.75) is 26.3 Å². The molecule has 15 heavy (non-hydrogen) atoms. The topological polar surface area (TPSA) is 61.4 Å². The van der Waals surface area contributed by atoms with Crippen LogP contribution in [0.25, 0.3) is 0 Å². The first-order valence-electron chi connectivity index (χ1n) is 5.19. The summed E-state index contributed by atoms with van der Waals surface area (Å²) in [6.45, 7) is 7.85. The Kier molecular flexibility index (Phi) is 3.68. The largest absolute Gasteiger partial charge is 0.347 e. The van der Waals surface area contributed by atoms with E-state index in [0.29, 0.717) is 6.54 Å². The molecule has 1 heterocycles. The van der Waals surface area contributed by atoms with E-state index in [1.54, 1.807) is 0 Å². The first kappa shape index (κ1) is 12.0. The fraction of sp³-hybridized carbons (Fsp3) is 0.800. The van der Waals surface area contributed by atoms with Crippen LogP contribution < -0.4 is 10.6 Å². The minimum absolute atomic E-state index is 0.0169. The number of piperazine rings is 1. The fourth-order valence-corrected chi connectivity index (χ4v) is 1.74. The van der Waals surface area contributed by atoms with Gasteiger partial charge in [0.15, 0.2) is 0 Å². The van der Waals surface area contributed by atoms with Crippen LogP contribution in [0.1, 0.15) is 20.8 Å². The van der Waals surface area contributed by atoms with Crippen LogP contribution in [0.4, 0.5) is 0 Å². The predicted molar refractivity (Wildman–Crippen MR) is 57.3 cm³/mol. The molecule has 0 saturated carbocycles. The minimum Gasteiger partial charge on any atom is -0.347 e. The molecule has 1 fully saturated rings. The van der Waals surface area contributed by atoms with Crippen LogP contribution in [-0.4, -0.2) is 48.4 Å². The molecule has 0 atom stereocenters. The van der Waals surface area contributed by atoms with E-state index in [-0.39, 0.29) is 23.9 Å². The lowest BCUT2D eigenvalue weighted by Gasteiger charge is -2.42. The summed E-state index contributed by atoms with van der Waals surface area (Å²) < 4.78 is 0. The number of hydrogen-bond donors (Lipinski definition) is 2.